The number of hydrogen-bond acceptors (Lipinski definition) is 5. The van der Waals surface area contributed by atoms with Crippen molar-refractivity contribution < 1.29 is 4.92 Å². The first-order valence-corrected chi connectivity index (χ1v) is 6.39. The number of anilines is 1. The molecule has 0 saturated heterocycles. The predicted octanol–water partition coefficient (Wildman–Crippen LogP) is 3.28. The van der Waals surface area contributed by atoms with Crippen molar-refractivity contribution in [3.05, 3.63) is 49.8 Å². The molecule has 0 saturated carbocycles. The number of aromatic nitrogens is 1. The monoisotopic (exact) mass is 263 g/mol. The van der Waals surface area contributed by atoms with Gasteiger partial charge >= 0.3 is 0 Å². The van der Waals surface area contributed by atoms with Gasteiger partial charge < -0.3 is 5.32 Å². The van der Waals surface area contributed by atoms with Gasteiger partial charge in [-0.15, -0.1) is 0 Å². The lowest BCUT2D eigenvalue weighted by molar-refractivity contribution is -0.385. The molecule has 2 heterocycles. The van der Waals surface area contributed by atoms with Gasteiger partial charge in [-0.1, -0.05) is 0 Å². The van der Waals surface area contributed by atoms with Crippen molar-refractivity contribution in [3.8, 4) is 0 Å². The van der Waals surface area contributed by atoms with E-state index >= 15 is 0 Å². The Labute approximate surface area is 109 Å². The van der Waals surface area contributed by atoms with E-state index in [9.17, 15) is 10.1 Å². The lowest BCUT2D eigenvalue weighted by Crippen LogP contribution is -2.03. The minimum atomic E-state index is -0.421. The van der Waals surface area contributed by atoms with Crippen LogP contribution >= 0.6 is 11.3 Å². The van der Waals surface area contributed by atoms with Crippen LogP contribution in [-0.2, 0) is 6.54 Å². The highest BCUT2D eigenvalue weighted by molar-refractivity contribution is 7.08. The summed E-state index contributed by atoms with van der Waals surface area (Å²) < 4.78 is 0. The van der Waals surface area contributed by atoms with Crippen LogP contribution in [-0.4, -0.2) is 9.91 Å². The number of nitrogens with one attached hydrogen (secondary N) is 1. The van der Waals surface area contributed by atoms with Gasteiger partial charge in [-0.2, -0.15) is 11.3 Å². The maximum absolute atomic E-state index is 10.7. The van der Waals surface area contributed by atoms with E-state index in [0.29, 0.717) is 17.9 Å². The third kappa shape index (κ3) is 2.65. The highest BCUT2D eigenvalue weighted by Crippen LogP contribution is 2.20. The van der Waals surface area contributed by atoms with E-state index in [1.54, 1.807) is 24.3 Å². The molecule has 0 aromatic carbocycles. The Morgan fingerprint density at radius 3 is 2.72 bits per heavy atom. The molecular formula is C12H13N3O2S. The summed E-state index contributed by atoms with van der Waals surface area (Å²) >= 11 is 1.66. The number of nitro groups is 1. The van der Waals surface area contributed by atoms with E-state index in [1.165, 1.54) is 17.3 Å². The molecule has 0 fully saturated rings. The zero-order valence-corrected chi connectivity index (χ0v) is 11.0. The number of thiophene rings is 1. The summed E-state index contributed by atoms with van der Waals surface area (Å²) in [4.78, 5) is 14.3. The predicted molar refractivity (Wildman–Crippen MR) is 72.0 cm³/mol. The van der Waals surface area contributed by atoms with Gasteiger partial charge in [-0.3, -0.25) is 10.1 Å². The molecule has 2 rings (SSSR count). The average Bonchev–Trinajstić information content (AvgIpc) is 2.72. The highest BCUT2D eigenvalue weighted by Gasteiger charge is 2.11. The fraction of sp³-hybridized carbons (Fsp3) is 0.250. The summed E-state index contributed by atoms with van der Waals surface area (Å²) in [6, 6.07) is 1.69. The van der Waals surface area contributed by atoms with Gasteiger partial charge in [0.15, 0.2) is 0 Å². The smallest absolute Gasteiger partial charge is 0.290 e. The second-order valence-electron chi connectivity index (χ2n) is 4.05. The maximum atomic E-state index is 10.7. The quantitative estimate of drug-likeness (QED) is 0.679. The van der Waals surface area contributed by atoms with Gasteiger partial charge in [-0.25, -0.2) is 4.98 Å². The van der Waals surface area contributed by atoms with E-state index in [4.69, 9.17) is 0 Å². The number of nitrogens with zero attached hydrogens (tertiary/aromatic N) is 2. The Morgan fingerprint density at radius 2 is 2.17 bits per heavy atom. The van der Waals surface area contributed by atoms with Crippen LogP contribution in [0.4, 0.5) is 11.5 Å². The lowest BCUT2D eigenvalue weighted by atomic mass is 10.2. The van der Waals surface area contributed by atoms with E-state index in [0.717, 1.165) is 0 Å². The number of hydrogen-bond donors (Lipinski definition) is 1. The topological polar surface area (TPSA) is 68.1 Å². The van der Waals surface area contributed by atoms with E-state index in [1.807, 2.05) is 0 Å². The molecular weight excluding hydrogens is 250 g/mol. The Bertz CT molecular complexity index is 580. The summed E-state index contributed by atoms with van der Waals surface area (Å²) in [6.07, 6.45) is 1.29. The molecule has 18 heavy (non-hydrogen) atoms. The zero-order chi connectivity index (χ0) is 13.1. The normalized spacial score (nSPS) is 10.3. The molecule has 94 valence electrons. The van der Waals surface area contributed by atoms with Gasteiger partial charge in [0, 0.05) is 12.1 Å². The molecule has 0 aliphatic heterocycles. The van der Waals surface area contributed by atoms with Crippen molar-refractivity contribution in [3.63, 3.8) is 0 Å². The van der Waals surface area contributed by atoms with Gasteiger partial charge in [0.1, 0.15) is 12.0 Å². The minimum absolute atomic E-state index is 0.0484. The Kier molecular flexibility index (Phi) is 3.57. The van der Waals surface area contributed by atoms with E-state index < -0.39 is 4.92 Å². The first-order valence-electron chi connectivity index (χ1n) is 5.44. The van der Waals surface area contributed by atoms with Gasteiger partial charge in [0.05, 0.1) is 4.92 Å². The van der Waals surface area contributed by atoms with Crippen LogP contribution in [0.25, 0.3) is 0 Å². The summed E-state index contributed by atoms with van der Waals surface area (Å²) in [6.45, 7) is 4.45. The summed E-state index contributed by atoms with van der Waals surface area (Å²) in [7, 11) is 0. The standard InChI is InChI=1S/C12H13N3O2S/c1-8-3-12(14-5-11(8)15(16)17)13-4-10-7-18-6-9(10)2/h3,5-7H,4H2,1-2H3,(H,13,14). The van der Waals surface area contributed by atoms with Gasteiger partial charge in [0.25, 0.3) is 5.69 Å². The SMILES string of the molecule is Cc1cscc1CNc1cc(C)c([N+](=O)[O-])cn1. The molecule has 2 aromatic heterocycles. The Hall–Kier alpha value is -1.95. The van der Waals surface area contributed by atoms with Crippen molar-refractivity contribution in [1.82, 2.24) is 4.98 Å². The summed E-state index contributed by atoms with van der Waals surface area (Å²) in [5.74, 6) is 0.656. The first-order chi connectivity index (χ1) is 8.58. The Balaban J connectivity index is 2.09. The maximum Gasteiger partial charge on any atom is 0.290 e. The molecule has 0 spiro atoms. The third-order valence-corrected chi connectivity index (χ3v) is 3.61. The minimum Gasteiger partial charge on any atom is -0.366 e. The summed E-state index contributed by atoms with van der Waals surface area (Å²) in [5.41, 5.74) is 3.12. The van der Waals surface area contributed by atoms with Gasteiger partial charge in [-0.05, 0) is 41.8 Å². The largest absolute Gasteiger partial charge is 0.366 e. The van der Waals surface area contributed by atoms with Crippen molar-refractivity contribution in [2.75, 3.05) is 5.32 Å². The van der Waals surface area contributed by atoms with Crippen LogP contribution in [0.15, 0.2) is 23.0 Å². The van der Waals surface area contributed by atoms with E-state index in [2.05, 4.69) is 28.0 Å². The molecule has 0 aliphatic rings. The fourth-order valence-electron chi connectivity index (χ4n) is 1.59. The number of pyridine rings is 1. The Morgan fingerprint density at radius 1 is 1.39 bits per heavy atom. The van der Waals surface area contributed by atoms with Crippen LogP contribution in [0.3, 0.4) is 0 Å². The molecule has 1 N–H and O–H groups in total. The molecule has 2 aromatic rings. The van der Waals surface area contributed by atoms with Gasteiger partial charge in [0.2, 0.25) is 0 Å². The van der Waals surface area contributed by atoms with Crippen molar-refractivity contribution in [1.29, 1.82) is 0 Å². The summed E-state index contributed by atoms with van der Waals surface area (Å²) in [5, 5.41) is 18.0. The third-order valence-electron chi connectivity index (χ3n) is 2.70. The first kappa shape index (κ1) is 12.5. The second-order valence-corrected chi connectivity index (χ2v) is 4.79. The van der Waals surface area contributed by atoms with Crippen molar-refractivity contribution in [2.24, 2.45) is 0 Å². The number of rotatable bonds is 4. The molecule has 0 bridgehead atoms. The number of aryl methyl sites for hydroxylation is 2. The molecule has 5 nitrogen and oxygen atoms in total. The average molecular weight is 263 g/mol. The fourth-order valence-corrected chi connectivity index (χ4v) is 2.45. The zero-order valence-electron chi connectivity index (χ0n) is 10.1. The van der Waals surface area contributed by atoms with Crippen LogP contribution in [0.5, 0.6) is 0 Å². The van der Waals surface area contributed by atoms with E-state index in [-0.39, 0.29) is 5.69 Å². The second kappa shape index (κ2) is 5.14. The molecule has 0 amide bonds. The van der Waals surface area contributed by atoms with Crippen LogP contribution in [0, 0.1) is 24.0 Å². The molecule has 0 aliphatic carbocycles. The van der Waals surface area contributed by atoms with Crippen LogP contribution in [0.2, 0.25) is 0 Å². The van der Waals surface area contributed by atoms with Crippen LogP contribution < -0.4 is 5.32 Å². The molecule has 0 atom stereocenters. The highest BCUT2D eigenvalue weighted by atomic mass is 32.1. The molecule has 0 radical (unpaired) electrons. The van der Waals surface area contributed by atoms with Crippen molar-refractivity contribution in [2.45, 2.75) is 20.4 Å². The lowest BCUT2D eigenvalue weighted by Gasteiger charge is -2.06. The van der Waals surface area contributed by atoms with Crippen molar-refractivity contribution >= 4 is 22.8 Å². The molecule has 0 unspecified atom stereocenters. The molecule has 6 heteroatoms. The van der Waals surface area contributed by atoms with Crippen LogP contribution in [0.1, 0.15) is 16.7 Å².